The highest BCUT2D eigenvalue weighted by atomic mass is 79.9. The summed E-state index contributed by atoms with van der Waals surface area (Å²) in [6.45, 7) is 4.34. The van der Waals surface area contributed by atoms with Gasteiger partial charge in [-0.05, 0) is 12.1 Å². The lowest BCUT2D eigenvalue weighted by molar-refractivity contribution is -0.121. The highest BCUT2D eigenvalue weighted by Crippen LogP contribution is 2.19. The molecule has 0 saturated heterocycles. The van der Waals surface area contributed by atoms with Crippen LogP contribution in [0.1, 0.15) is 6.42 Å². The lowest BCUT2D eigenvalue weighted by atomic mass is 10.3. The third-order valence-electron chi connectivity index (χ3n) is 1.98. The zero-order chi connectivity index (χ0) is 12.7. The Bertz CT molecular complexity index is 407. The van der Waals surface area contributed by atoms with E-state index in [9.17, 15) is 4.79 Å². The maximum absolute atomic E-state index is 11.3. The molecule has 0 aliphatic heterocycles. The molecule has 1 rings (SSSR count). The monoisotopic (exact) mass is 298 g/mol. The van der Waals surface area contributed by atoms with Crippen molar-refractivity contribution in [3.63, 3.8) is 0 Å². The molecule has 0 aromatic heterocycles. The molecular weight excluding hydrogens is 284 g/mol. The van der Waals surface area contributed by atoms with Gasteiger partial charge in [-0.1, -0.05) is 34.6 Å². The van der Waals surface area contributed by atoms with E-state index < -0.39 is 0 Å². The van der Waals surface area contributed by atoms with Crippen LogP contribution in [0.5, 0.6) is 5.75 Å². The number of nitrogen functional groups attached to an aromatic ring is 1. The Hall–Kier alpha value is -1.49. The van der Waals surface area contributed by atoms with Gasteiger partial charge in [0.15, 0.2) is 0 Å². The van der Waals surface area contributed by atoms with Crippen molar-refractivity contribution in [3.8, 4) is 5.75 Å². The Morgan fingerprint density at radius 2 is 2.18 bits per heavy atom. The number of carbonyl (C=O) groups is 1. The van der Waals surface area contributed by atoms with Gasteiger partial charge in [0.25, 0.3) is 0 Å². The highest BCUT2D eigenvalue weighted by Gasteiger charge is 2.03. The van der Waals surface area contributed by atoms with Crippen molar-refractivity contribution >= 4 is 27.5 Å². The molecule has 17 heavy (non-hydrogen) atoms. The van der Waals surface area contributed by atoms with Gasteiger partial charge in [-0.15, -0.1) is 0 Å². The first-order valence-corrected chi connectivity index (χ1v) is 5.96. The summed E-state index contributed by atoms with van der Waals surface area (Å²) < 4.78 is 6.13. The topological polar surface area (TPSA) is 64.3 Å². The summed E-state index contributed by atoms with van der Waals surface area (Å²) in [5, 5.41) is 2.69. The summed E-state index contributed by atoms with van der Waals surface area (Å²) in [5.74, 6) is 0.519. The fourth-order valence-corrected chi connectivity index (χ4v) is 1.29. The summed E-state index contributed by atoms with van der Waals surface area (Å²) in [7, 11) is 0. The second kappa shape index (κ2) is 6.96. The van der Waals surface area contributed by atoms with Crippen LogP contribution in [0.15, 0.2) is 35.3 Å². The van der Waals surface area contributed by atoms with Crippen molar-refractivity contribution in [2.75, 3.05) is 18.9 Å². The second-order valence-electron chi connectivity index (χ2n) is 3.43. The van der Waals surface area contributed by atoms with Crippen LogP contribution in [-0.4, -0.2) is 19.1 Å². The number of carbonyl (C=O) groups excluding carboxylic acids is 1. The molecule has 0 saturated carbocycles. The number of rotatable bonds is 6. The lowest BCUT2D eigenvalue weighted by Gasteiger charge is -2.08. The van der Waals surface area contributed by atoms with Gasteiger partial charge >= 0.3 is 0 Å². The van der Waals surface area contributed by atoms with Crippen molar-refractivity contribution in [2.24, 2.45) is 0 Å². The number of nitrogens with one attached hydrogen (secondary N) is 1. The third kappa shape index (κ3) is 5.40. The molecule has 1 amide bonds. The van der Waals surface area contributed by atoms with Gasteiger partial charge < -0.3 is 15.8 Å². The summed E-state index contributed by atoms with van der Waals surface area (Å²) in [6, 6.07) is 7.19. The Balaban J connectivity index is 2.26. The Morgan fingerprint density at radius 3 is 2.82 bits per heavy atom. The van der Waals surface area contributed by atoms with Crippen LogP contribution < -0.4 is 15.8 Å². The van der Waals surface area contributed by atoms with Crippen molar-refractivity contribution in [2.45, 2.75) is 6.42 Å². The maximum atomic E-state index is 11.3. The van der Waals surface area contributed by atoms with Crippen LogP contribution in [0.4, 0.5) is 5.69 Å². The molecule has 0 heterocycles. The van der Waals surface area contributed by atoms with Gasteiger partial charge in [-0.3, -0.25) is 4.79 Å². The SMILES string of the molecule is C=C(Br)CNC(=O)CCOc1ccccc1N. The lowest BCUT2D eigenvalue weighted by Crippen LogP contribution is -2.25. The molecule has 0 atom stereocenters. The number of hydrogen-bond acceptors (Lipinski definition) is 3. The highest BCUT2D eigenvalue weighted by molar-refractivity contribution is 9.11. The van der Waals surface area contributed by atoms with Crippen molar-refractivity contribution in [3.05, 3.63) is 35.3 Å². The number of hydrogen-bond donors (Lipinski definition) is 2. The predicted molar refractivity (Wildman–Crippen MR) is 72.0 cm³/mol. The van der Waals surface area contributed by atoms with Gasteiger partial charge in [0, 0.05) is 11.0 Å². The number of anilines is 1. The average molecular weight is 299 g/mol. The van der Waals surface area contributed by atoms with E-state index in [1.54, 1.807) is 12.1 Å². The van der Waals surface area contributed by atoms with E-state index in [2.05, 4.69) is 27.8 Å². The van der Waals surface area contributed by atoms with Crippen LogP contribution in [-0.2, 0) is 4.79 Å². The molecule has 1 aromatic carbocycles. The summed E-state index contributed by atoms with van der Waals surface area (Å²) >= 11 is 3.16. The van der Waals surface area contributed by atoms with E-state index in [4.69, 9.17) is 10.5 Å². The zero-order valence-corrected chi connectivity index (χ0v) is 11.0. The number of amides is 1. The smallest absolute Gasteiger partial charge is 0.223 e. The van der Waals surface area contributed by atoms with E-state index >= 15 is 0 Å². The van der Waals surface area contributed by atoms with Crippen molar-refractivity contribution in [1.82, 2.24) is 5.32 Å². The summed E-state index contributed by atoms with van der Waals surface area (Å²) in [4.78, 5) is 11.3. The van der Waals surface area contributed by atoms with Crippen molar-refractivity contribution in [1.29, 1.82) is 0 Å². The van der Waals surface area contributed by atoms with Crippen LogP contribution in [0.2, 0.25) is 0 Å². The molecular formula is C12H15BrN2O2. The van der Waals surface area contributed by atoms with Gasteiger partial charge in [0.1, 0.15) is 5.75 Å². The van der Waals surface area contributed by atoms with Gasteiger partial charge in [-0.2, -0.15) is 0 Å². The van der Waals surface area contributed by atoms with Crippen molar-refractivity contribution < 1.29 is 9.53 Å². The normalized spacial score (nSPS) is 9.71. The summed E-state index contributed by atoms with van der Waals surface area (Å²) in [5.41, 5.74) is 6.26. The fourth-order valence-electron chi connectivity index (χ4n) is 1.15. The minimum Gasteiger partial charge on any atom is -0.491 e. The van der Waals surface area contributed by atoms with Crippen LogP contribution >= 0.6 is 15.9 Å². The Kier molecular flexibility index (Phi) is 5.56. The number of nitrogens with two attached hydrogens (primary N) is 1. The first-order valence-electron chi connectivity index (χ1n) is 5.17. The first-order chi connectivity index (χ1) is 8.09. The molecule has 0 fully saturated rings. The molecule has 0 radical (unpaired) electrons. The predicted octanol–water partition coefficient (Wildman–Crippen LogP) is 2.06. The molecule has 3 N–H and O–H groups in total. The largest absolute Gasteiger partial charge is 0.491 e. The van der Waals surface area contributed by atoms with Crippen LogP contribution in [0.3, 0.4) is 0 Å². The van der Waals surface area contributed by atoms with Gasteiger partial charge in [0.05, 0.1) is 18.7 Å². The molecule has 0 spiro atoms. The number of halogens is 1. The molecule has 0 bridgehead atoms. The molecule has 0 aliphatic carbocycles. The minimum absolute atomic E-state index is 0.0832. The number of benzene rings is 1. The summed E-state index contributed by atoms with van der Waals surface area (Å²) in [6.07, 6.45) is 0.286. The van der Waals surface area contributed by atoms with E-state index in [0.717, 1.165) is 4.48 Å². The van der Waals surface area contributed by atoms with E-state index in [1.165, 1.54) is 0 Å². The molecule has 4 nitrogen and oxygen atoms in total. The van der Waals surface area contributed by atoms with Crippen LogP contribution in [0, 0.1) is 0 Å². The maximum Gasteiger partial charge on any atom is 0.223 e. The average Bonchev–Trinajstić information content (AvgIpc) is 2.29. The molecule has 0 aliphatic rings. The van der Waals surface area contributed by atoms with E-state index in [1.807, 2.05) is 12.1 Å². The van der Waals surface area contributed by atoms with E-state index in [0.29, 0.717) is 24.6 Å². The number of para-hydroxylation sites is 2. The van der Waals surface area contributed by atoms with Gasteiger partial charge in [-0.25, -0.2) is 0 Å². The molecule has 5 heteroatoms. The molecule has 0 unspecified atom stereocenters. The second-order valence-corrected chi connectivity index (χ2v) is 4.55. The molecule has 92 valence electrons. The quantitative estimate of drug-likeness (QED) is 0.790. The van der Waals surface area contributed by atoms with Gasteiger partial charge in [0.2, 0.25) is 5.91 Å². The van der Waals surface area contributed by atoms with Crippen LogP contribution in [0.25, 0.3) is 0 Å². The fraction of sp³-hybridized carbons (Fsp3) is 0.250. The molecule has 1 aromatic rings. The Labute approximate surface area is 109 Å². The minimum atomic E-state index is -0.0832. The first kappa shape index (κ1) is 13.6. The zero-order valence-electron chi connectivity index (χ0n) is 9.41. The number of ether oxygens (including phenoxy) is 1. The Morgan fingerprint density at radius 1 is 1.47 bits per heavy atom. The van der Waals surface area contributed by atoms with E-state index in [-0.39, 0.29) is 12.3 Å². The third-order valence-corrected chi connectivity index (χ3v) is 2.26. The standard InChI is InChI=1S/C12H15BrN2O2/c1-9(13)8-15-12(16)6-7-17-11-5-3-2-4-10(11)14/h2-5H,1,6-8,14H2,(H,15,16).